The van der Waals surface area contributed by atoms with Gasteiger partial charge in [-0.05, 0) is 25.5 Å². The molecule has 2 heterocycles. The molecule has 3 rings (SSSR count). The second-order valence-corrected chi connectivity index (χ2v) is 7.00. The number of nitrogens with zero attached hydrogens (tertiary/aromatic N) is 3. The maximum absolute atomic E-state index is 12.2. The van der Waals surface area contributed by atoms with E-state index in [2.05, 4.69) is 47.0 Å². The zero-order valence-corrected chi connectivity index (χ0v) is 15.1. The molecule has 0 aliphatic heterocycles. The number of aromatic amines is 1. The summed E-state index contributed by atoms with van der Waals surface area (Å²) in [4.78, 5) is 26.2. The van der Waals surface area contributed by atoms with E-state index in [4.69, 9.17) is 0 Å². The summed E-state index contributed by atoms with van der Waals surface area (Å²) in [7, 11) is 1.86. The minimum absolute atomic E-state index is 0.132. The second kappa shape index (κ2) is 7.21. The van der Waals surface area contributed by atoms with Crippen molar-refractivity contribution in [1.82, 2.24) is 19.9 Å². The third kappa shape index (κ3) is 3.38. The number of unbranched alkanes of at least 4 members (excludes halogenated alkanes) is 1. The van der Waals surface area contributed by atoms with Crippen LogP contribution in [0.4, 0.5) is 0 Å². The van der Waals surface area contributed by atoms with Gasteiger partial charge in [0.15, 0.2) is 0 Å². The highest BCUT2D eigenvalue weighted by Gasteiger charge is 2.14. The first-order valence-electron chi connectivity index (χ1n) is 8.20. The van der Waals surface area contributed by atoms with Crippen LogP contribution in [0.5, 0.6) is 0 Å². The number of rotatable bonds is 6. The van der Waals surface area contributed by atoms with Crippen LogP contribution in [0.3, 0.4) is 0 Å². The number of H-pyrrole nitrogens is 1. The number of benzene rings is 1. The number of fused-ring (bicyclic) bond motifs is 3. The van der Waals surface area contributed by atoms with E-state index in [9.17, 15) is 4.79 Å². The normalized spacial score (nSPS) is 11.3. The number of aryl methyl sites for hydroxylation is 1. The molecule has 6 heteroatoms. The molecule has 0 unspecified atom stereocenters. The Bertz CT molecular complexity index is 874. The number of carbonyl (C=O) groups excluding carboxylic acids is 1. The predicted octanol–water partition coefficient (Wildman–Crippen LogP) is 3.77. The molecular formula is C18H22N4OS. The van der Waals surface area contributed by atoms with E-state index in [-0.39, 0.29) is 5.91 Å². The van der Waals surface area contributed by atoms with Crippen molar-refractivity contribution in [3.8, 4) is 0 Å². The summed E-state index contributed by atoms with van der Waals surface area (Å²) in [6.07, 6.45) is 3.70. The number of nitrogens with one attached hydrogen (secondary N) is 1. The minimum atomic E-state index is 0.132. The fourth-order valence-corrected chi connectivity index (χ4v) is 3.55. The lowest BCUT2D eigenvalue weighted by molar-refractivity contribution is -0.127. The Labute approximate surface area is 145 Å². The van der Waals surface area contributed by atoms with Gasteiger partial charge in [-0.25, -0.2) is 9.97 Å². The van der Waals surface area contributed by atoms with Crippen LogP contribution < -0.4 is 0 Å². The van der Waals surface area contributed by atoms with Gasteiger partial charge in [0.05, 0.1) is 11.3 Å². The van der Waals surface area contributed by atoms with Gasteiger partial charge in [0.25, 0.3) is 0 Å². The lowest BCUT2D eigenvalue weighted by Crippen LogP contribution is -2.29. The van der Waals surface area contributed by atoms with Crippen molar-refractivity contribution >= 4 is 39.6 Å². The molecule has 2 aromatic heterocycles. The molecule has 0 radical (unpaired) electrons. The van der Waals surface area contributed by atoms with Crippen LogP contribution in [0.25, 0.3) is 21.9 Å². The molecule has 0 aliphatic carbocycles. The van der Waals surface area contributed by atoms with Crippen molar-refractivity contribution in [2.45, 2.75) is 31.7 Å². The van der Waals surface area contributed by atoms with Crippen LogP contribution in [0, 0.1) is 6.92 Å². The first-order valence-corrected chi connectivity index (χ1v) is 9.18. The number of amides is 1. The van der Waals surface area contributed by atoms with E-state index < -0.39 is 0 Å². The van der Waals surface area contributed by atoms with Gasteiger partial charge >= 0.3 is 0 Å². The number of hydrogen-bond acceptors (Lipinski definition) is 4. The highest BCUT2D eigenvalue weighted by Crippen LogP contribution is 2.30. The lowest BCUT2D eigenvalue weighted by atomic mass is 10.2. The highest BCUT2D eigenvalue weighted by molar-refractivity contribution is 8.00. The van der Waals surface area contributed by atoms with Crippen molar-refractivity contribution in [2.75, 3.05) is 19.3 Å². The van der Waals surface area contributed by atoms with Crippen LogP contribution in [0.15, 0.2) is 29.6 Å². The van der Waals surface area contributed by atoms with E-state index >= 15 is 0 Å². The second-order valence-electron chi connectivity index (χ2n) is 6.03. The first-order chi connectivity index (χ1) is 11.6. The molecule has 0 bridgehead atoms. The summed E-state index contributed by atoms with van der Waals surface area (Å²) in [5.74, 6) is 0.521. The van der Waals surface area contributed by atoms with Crippen LogP contribution in [-0.4, -0.2) is 45.1 Å². The molecule has 126 valence electrons. The monoisotopic (exact) mass is 342 g/mol. The van der Waals surface area contributed by atoms with Gasteiger partial charge in [0.2, 0.25) is 5.91 Å². The zero-order chi connectivity index (χ0) is 17.1. The SMILES string of the molecule is CCCCN(C)C(=O)CSc1ncnc2c1[nH]c1ccc(C)cc12. The molecule has 24 heavy (non-hydrogen) atoms. The summed E-state index contributed by atoms with van der Waals surface area (Å²) < 4.78 is 0. The summed E-state index contributed by atoms with van der Waals surface area (Å²) in [5.41, 5.74) is 4.07. The van der Waals surface area contributed by atoms with Crippen molar-refractivity contribution < 1.29 is 4.79 Å². The number of hydrogen-bond donors (Lipinski definition) is 1. The van der Waals surface area contributed by atoms with E-state index in [0.29, 0.717) is 5.75 Å². The summed E-state index contributed by atoms with van der Waals surface area (Å²) in [6, 6.07) is 6.26. The van der Waals surface area contributed by atoms with Crippen molar-refractivity contribution in [2.24, 2.45) is 0 Å². The molecule has 0 saturated heterocycles. The van der Waals surface area contributed by atoms with E-state index in [1.165, 1.54) is 17.3 Å². The third-order valence-electron chi connectivity index (χ3n) is 4.11. The van der Waals surface area contributed by atoms with Crippen LogP contribution in [0.2, 0.25) is 0 Å². The maximum atomic E-state index is 12.2. The molecule has 1 N–H and O–H groups in total. The van der Waals surface area contributed by atoms with Crippen molar-refractivity contribution in [3.05, 3.63) is 30.1 Å². The summed E-state index contributed by atoms with van der Waals surface area (Å²) in [5, 5.41) is 1.92. The maximum Gasteiger partial charge on any atom is 0.232 e. The van der Waals surface area contributed by atoms with Gasteiger partial charge in [-0.15, -0.1) is 0 Å². The van der Waals surface area contributed by atoms with E-state index in [1.54, 1.807) is 11.2 Å². The molecule has 1 aromatic carbocycles. The average molecular weight is 342 g/mol. The third-order valence-corrected chi connectivity index (χ3v) is 5.08. The molecule has 5 nitrogen and oxygen atoms in total. The fourth-order valence-electron chi connectivity index (χ4n) is 2.65. The molecule has 1 amide bonds. The molecule has 0 fully saturated rings. The molecule has 0 saturated carbocycles. The highest BCUT2D eigenvalue weighted by atomic mass is 32.2. The number of thioether (sulfide) groups is 1. The smallest absolute Gasteiger partial charge is 0.232 e. The minimum Gasteiger partial charge on any atom is -0.351 e. The standard InChI is InChI=1S/C18H22N4OS/c1-4-5-8-22(3)15(23)10-24-18-17-16(19-11-20-18)13-9-12(2)6-7-14(13)21-17/h6-7,9,11,21H,4-5,8,10H2,1-3H3. The lowest BCUT2D eigenvalue weighted by Gasteiger charge is -2.16. The van der Waals surface area contributed by atoms with Gasteiger partial charge in [-0.3, -0.25) is 4.79 Å². The van der Waals surface area contributed by atoms with Gasteiger partial charge in [0.1, 0.15) is 16.9 Å². The Hall–Kier alpha value is -2.08. The van der Waals surface area contributed by atoms with Gasteiger partial charge in [-0.1, -0.05) is 36.7 Å². The van der Waals surface area contributed by atoms with Gasteiger partial charge in [-0.2, -0.15) is 0 Å². The first kappa shape index (κ1) is 16.8. The Morgan fingerprint density at radius 2 is 2.17 bits per heavy atom. The van der Waals surface area contributed by atoms with Crippen molar-refractivity contribution in [1.29, 1.82) is 0 Å². The molecule has 0 aliphatic rings. The molecule has 3 aromatic rings. The van der Waals surface area contributed by atoms with Gasteiger partial charge in [0, 0.05) is 24.5 Å². The largest absolute Gasteiger partial charge is 0.351 e. The topological polar surface area (TPSA) is 61.9 Å². The van der Waals surface area contributed by atoms with Crippen LogP contribution >= 0.6 is 11.8 Å². The Morgan fingerprint density at radius 1 is 1.33 bits per heavy atom. The van der Waals surface area contributed by atoms with E-state index in [0.717, 1.165) is 46.3 Å². The molecule has 0 spiro atoms. The fraction of sp³-hybridized carbons (Fsp3) is 0.389. The Kier molecular flexibility index (Phi) is 5.04. The van der Waals surface area contributed by atoms with Crippen molar-refractivity contribution in [3.63, 3.8) is 0 Å². The number of carbonyl (C=O) groups is 1. The zero-order valence-electron chi connectivity index (χ0n) is 14.3. The Morgan fingerprint density at radius 3 is 2.96 bits per heavy atom. The van der Waals surface area contributed by atoms with Gasteiger partial charge < -0.3 is 9.88 Å². The number of aromatic nitrogens is 3. The summed E-state index contributed by atoms with van der Waals surface area (Å²) >= 11 is 1.47. The van der Waals surface area contributed by atoms with E-state index in [1.807, 2.05) is 7.05 Å². The molecular weight excluding hydrogens is 320 g/mol. The average Bonchev–Trinajstić information content (AvgIpc) is 2.96. The molecule has 0 atom stereocenters. The predicted molar refractivity (Wildman–Crippen MR) is 99.4 cm³/mol. The summed E-state index contributed by atoms with van der Waals surface area (Å²) in [6.45, 7) is 5.00. The Balaban J connectivity index is 1.82. The quantitative estimate of drug-likeness (QED) is 0.547. The van der Waals surface area contributed by atoms with Crippen LogP contribution in [-0.2, 0) is 4.79 Å². The van der Waals surface area contributed by atoms with Crippen LogP contribution in [0.1, 0.15) is 25.3 Å².